The van der Waals surface area contributed by atoms with Crippen molar-refractivity contribution in [1.82, 2.24) is 3.11 Å². The van der Waals surface area contributed by atoms with Gasteiger partial charge in [0.05, 0.1) is 29.5 Å². The summed E-state index contributed by atoms with van der Waals surface area (Å²) < 4.78 is 11.7. The second-order valence-electron chi connectivity index (χ2n) is 5.75. The number of carbonyl (C=O) groups is 2. The third-order valence-electron chi connectivity index (χ3n) is 2.67. The average Bonchev–Trinajstić information content (AvgIpc) is 2.43. The van der Waals surface area contributed by atoms with Crippen molar-refractivity contribution < 1.29 is 19.1 Å². The Balaban J connectivity index is 2.89. The van der Waals surface area contributed by atoms with E-state index >= 15 is 0 Å². The molecular formula is C16H22INO4. The van der Waals surface area contributed by atoms with Crippen LogP contribution in [0.25, 0.3) is 0 Å². The summed E-state index contributed by atoms with van der Waals surface area (Å²) in [5, 5.41) is 0. The van der Waals surface area contributed by atoms with E-state index in [9.17, 15) is 9.59 Å². The maximum atomic E-state index is 12.2. The first-order valence-electron chi connectivity index (χ1n) is 7.13. The molecule has 1 atom stereocenters. The molecule has 1 aromatic carbocycles. The van der Waals surface area contributed by atoms with Crippen molar-refractivity contribution in [2.75, 3.05) is 6.61 Å². The summed E-state index contributed by atoms with van der Waals surface area (Å²) in [6.45, 7) is 7.36. The van der Waals surface area contributed by atoms with Crippen molar-refractivity contribution in [2.45, 2.75) is 45.8 Å². The van der Waals surface area contributed by atoms with Gasteiger partial charge in [-0.15, -0.1) is 0 Å². The number of hydrogen-bond donors (Lipinski definition) is 0. The van der Waals surface area contributed by atoms with Crippen LogP contribution >= 0.6 is 22.9 Å². The standard InChI is InChI=1S/C16H22INO4/c1-5-21-14(19)13(11-12-9-7-6-8-10-12)18(17)15(20)22-16(2,3)4/h6-10,13H,5,11H2,1-4H3/t13-/m0/s1. The van der Waals surface area contributed by atoms with E-state index in [4.69, 9.17) is 9.47 Å². The summed E-state index contributed by atoms with van der Waals surface area (Å²) >= 11 is 1.81. The normalized spacial score (nSPS) is 12.4. The SMILES string of the molecule is CCOC(=O)[C@H](Cc1ccccc1)N(I)C(=O)OC(C)(C)C. The summed E-state index contributed by atoms with van der Waals surface area (Å²) in [5.74, 6) is -0.438. The first kappa shape index (κ1) is 18.7. The molecule has 0 N–H and O–H groups in total. The first-order chi connectivity index (χ1) is 10.2. The minimum Gasteiger partial charge on any atom is -0.464 e. The van der Waals surface area contributed by atoms with E-state index < -0.39 is 23.7 Å². The van der Waals surface area contributed by atoms with Gasteiger partial charge in [0.25, 0.3) is 0 Å². The molecule has 0 unspecified atom stereocenters. The molecule has 1 aromatic rings. The van der Waals surface area contributed by atoms with E-state index in [1.54, 1.807) is 27.7 Å². The zero-order valence-electron chi connectivity index (χ0n) is 13.3. The van der Waals surface area contributed by atoms with Crippen LogP contribution in [-0.4, -0.2) is 33.4 Å². The molecule has 0 aliphatic rings. The number of halogens is 1. The molecule has 0 aliphatic carbocycles. The maximum Gasteiger partial charge on any atom is 0.419 e. The second kappa shape index (κ2) is 8.36. The highest BCUT2D eigenvalue weighted by molar-refractivity contribution is 14.1. The number of esters is 1. The van der Waals surface area contributed by atoms with Gasteiger partial charge in [0.2, 0.25) is 0 Å². The minimum absolute atomic E-state index is 0.267. The van der Waals surface area contributed by atoms with Gasteiger partial charge >= 0.3 is 12.1 Å². The quantitative estimate of drug-likeness (QED) is 0.415. The van der Waals surface area contributed by atoms with Crippen LogP contribution in [-0.2, 0) is 20.7 Å². The summed E-state index contributed by atoms with van der Waals surface area (Å²) in [6, 6.07) is 8.78. The summed E-state index contributed by atoms with van der Waals surface area (Å²) in [6.07, 6.45) is -0.177. The van der Waals surface area contributed by atoms with E-state index in [2.05, 4.69) is 0 Å². The van der Waals surface area contributed by atoms with Crippen molar-refractivity contribution in [1.29, 1.82) is 0 Å². The smallest absolute Gasteiger partial charge is 0.419 e. The molecule has 6 heteroatoms. The van der Waals surface area contributed by atoms with Crippen LogP contribution < -0.4 is 0 Å². The van der Waals surface area contributed by atoms with Gasteiger partial charge in [-0.2, -0.15) is 0 Å². The Morgan fingerprint density at radius 1 is 1.23 bits per heavy atom. The van der Waals surface area contributed by atoms with Gasteiger partial charge in [0.15, 0.2) is 0 Å². The Kier molecular flexibility index (Phi) is 7.12. The Bertz CT molecular complexity index is 499. The van der Waals surface area contributed by atoms with Crippen LogP contribution in [0.1, 0.15) is 33.3 Å². The molecule has 22 heavy (non-hydrogen) atoms. The molecule has 0 aromatic heterocycles. The lowest BCUT2D eigenvalue weighted by atomic mass is 10.1. The van der Waals surface area contributed by atoms with Gasteiger partial charge in [0.1, 0.15) is 11.6 Å². The fourth-order valence-electron chi connectivity index (χ4n) is 1.76. The van der Waals surface area contributed by atoms with Gasteiger partial charge in [0, 0.05) is 6.42 Å². The zero-order chi connectivity index (χ0) is 16.8. The number of ether oxygens (including phenoxy) is 2. The van der Waals surface area contributed by atoms with E-state index in [0.29, 0.717) is 6.42 Å². The second-order valence-corrected chi connectivity index (χ2v) is 6.79. The molecule has 1 amide bonds. The number of amides is 1. The van der Waals surface area contributed by atoms with Gasteiger partial charge < -0.3 is 9.47 Å². The number of carbonyl (C=O) groups excluding carboxylic acids is 2. The summed E-state index contributed by atoms with van der Waals surface area (Å²) in [5.41, 5.74) is 0.331. The fraction of sp³-hybridized carbons (Fsp3) is 0.500. The molecular weight excluding hydrogens is 397 g/mol. The third-order valence-corrected chi connectivity index (χ3v) is 3.74. The van der Waals surface area contributed by atoms with Crippen LogP contribution in [0.5, 0.6) is 0 Å². The molecule has 122 valence electrons. The first-order valence-corrected chi connectivity index (χ1v) is 8.09. The molecule has 1 rings (SSSR count). The Labute approximate surface area is 145 Å². The molecule has 0 radical (unpaired) electrons. The van der Waals surface area contributed by atoms with E-state index in [1.165, 1.54) is 3.11 Å². The lowest BCUT2D eigenvalue weighted by Crippen LogP contribution is -2.43. The van der Waals surface area contributed by atoms with Crippen molar-refractivity contribution in [3.05, 3.63) is 35.9 Å². The topological polar surface area (TPSA) is 55.8 Å². The van der Waals surface area contributed by atoms with Crippen molar-refractivity contribution >= 4 is 34.9 Å². The molecule has 0 fully saturated rings. The van der Waals surface area contributed by atoms with Crippen LogP contribution in [0.3, 0.4) is 0 Å². The fourth-order valence-corrected chi connectivity index (χ4v) is 2.29. The van der Waals surface area contributed by atoms with Crippen molar-refractivity contribution in [3.63, 3.8) is 0 Å². The average molecular weight is 419 g/mol. The maximum absolute atomic E-state index is 12.2. The van der Waals surface area contributed by atoms with Gasteiger partial charge in [-0.25, -0.2) is 12.7 Å². The third kappa shape index (κ3) is 6.21. The largest absolute Gasteiger partial charge is 0.464 e. The Morgan fingerprint density at radius 3 is 2.32 bits per heavy atom. The Hall–Kier alpha value is -1.31. The molecule has 0 spiro atoms. The lowest BCUT2D eigenvalue weighted by molar-refractivity contribution is -0.147. The molecule has 5 nitrogen and oxygen atoms in total. The van der Waals surface area contributed by atoms with Crippen molar-refractivity contribution in [3.8, 4) is 0 Å². The predicted molar refractivity (Wildman–Crippen MR) is 92.7 cm³/mol. The van der Waals surface area contributed by atoms with Crippen molar-refractivity contribution in [2.24, 2.45) is 0 Å². The number of hydrogen-bond acceptors (Lipinski definition) is 4. The van der Waals surface area contributed by atoms with Gasteiger partial charge in [-0.3, -0.25) is 0 Å². The summed E-state index contributed by atoms with van der Waals surface area (Å²) in [7, 11) is 0. The monoisotopic (exact) mass is 419 g/mol. The zero-order valence-corrected chi connectivity index (χ0v) is 15.5. The van der Waals surface area contributed by atoms with E-state index in [1.807, 2.05) is 53.2 Å². The Morgan fingerprint density at radius 2 is 1.82 bits per heavy atom. The highest BCUT2D eigenvalue weighted by Gasteiger charge is 2.32. The number of benzene rings is 1. The van der Waals surface area contributed by atoms with Gasteiger partial charge in [-0.05, 0) is 33.3 Å². The van der Waals surface area contributed by atoms with E-state index in [-0.39, 0.29) is 6.61 Å². The van der Waals surface area contributed by atoms with Crippen LogP contribution in [0, 0.1) is 0 Å². The highest BCUT2D eigenvalue weighted by Crippen LogP contribution is 2.19. The van der Waals surface area contributed by atoms with Gasteiger partial charge in [-0.1, -0.05) is 30.3 Å². The predicted octanol–water partition coefficient (Wildman–Crippen LogP) is 3.75. The van der Waals surface area contributed by atoms with E-state index in [0.717, 1.165) is 5.56 Å². The number of rotatable bonds is 5. The molecule has 0 aliphatic heterocycles. The van der Waals surface area contributed by atoms with Crippen LogP contribution in [0.2, 0.25) is 0 Å². The molecule has 0 bridgehead atoms. The lowest BCUT2D eigenvalue weighted by Gasteiger charge is -2.27. The number of nitrogens with zero attached hydrogens (tertiary/aromatic N) is 1. The molecule has 0 saturated heterocycles. The van der Waals surface area contributed by atoms with Crippen LogP contribution in [0.4, 0.5) is 4.79 Å². The summed E-state index contributed by atoms with van der Waals surface area (Å²) in [4.78, 5) is 24.4. The highest BCUT2D eigenvalue weighted by atomic mass is 127. The minimum atomic E-state index is -0.724. The van der Waals surface area contributed by atoms with Crippen LogP contribution in [0.15, 0.2) is 30.3 Å². The molecule has 0 saturated carbocycles. The molecule has 0 heterocycles.